The lowest BCUT2D eigenvalue weighted by molar-refractivity contribution is -0.122. The molecule has 0 bridgehead atoms. The van der Waals surface area contributed by atoms with Gasteiger partial charge in [-0.1, -0.05) is 37.3 Å². The van der Waals surface area contributed by atoms with E-state index in [9.17, 15) is 4.79 Å². The van der Waals surface area contributed by atoms with Gasteiger partial charge in [-0.3, -0.25) is 9.69 Å². The van der Waals surface area contributed by atoms with Crippen LogP contribution in [0.25, 0.3) is 0 Å². The Kier molecular flexibility index (Phi) is 6.02. The van der Waals surface area contributed by atoms with Gasteiger partial charge in [0.15, 0.2) is 0 Å². The first kappa shape index (κ1) is 15.0. The van der Waals surface area contributed by atoms with Crippen molar-refractivity contribution in [3.05, 3.63) is 35.9 Å². The van der Waals surface area contributed by atoms with Gasteiger partial charge in [-0.25, -0.2) is 0 Å². The van der Waals surface area contributed by atoms with Gasteiger partial charge in [0.1, 0.15) is 0 Å². The molecule has 110 valence electrons. The lowest BCUT2D eigenvalue weighted by atomic mass is 9.96. The summed E-state index contributed by atoms with van der Waals surface area (Å²) in [5.41, 5.74) is 1.10. The molecule has 1 N–H and O–H groups in total. The number of nitrogens with zero attached hydrogens (tertiary/aromatic N) is 1. The molecule has 2 rings (SSSR count). The van der Waals surface area contributed by atoms with Gasteiger partial charge in [0.2, 0.25) is 5.91 Å². The highest BCUT2D eigenvalue weighted by molar-refractivity contribution is 5.83. The lowest BCUT2D eigenvalue weighted by Crippen LogP contribution is -2.42. The molecule has 1 amide bonds. The third kappa shape index (κ3) is 4.32. The minimum atomic E-state index is -0.0408. The maximum absolute atomic E-state index is 12.3. The molecular weight excluding hydrogens is 252 g/mol. The number of carbonyl (C=O) groups excluding carboxylic acids is 1. The highest BCUT2D eigenvalue weighted by atomic mass is 16.5. The Bertz CT molecular complexity index is 402. The third-order valence-electron chi connectivity index (χ3n) is 3.76. The molecule has 1 fully saturated rings. The summed E-state index contributed by atoms with van der Waals surface area (Å²) in [5, 5.41) is 3.06. The van der Waals surface area contributed by atoms with E-state index in [1.807, 2.05) is 30.3 Å². The summed E-state index contributed by atoms with van der Waals surface area (Å²) >= 11 is 0. The minimum Gasteiger partial charge on any atom is -0.379 e. The Hall–Kier alpha value is -1.39. The van der Waals surface area contributed by atoms with Crippen molar-refractivity contribution in [1.82, 2.24) is 10.2 Å². The van der Waals surface area contributed by atoms with Crippen molar-refractivity contribution in [3.8, 4) is 0 Å². The topological polar surface area (TPSA) is 41.6 Å². The molecule has 0 aliphatic carbocycles. The Labute approximate surface area is 121 Å². The van der Waals surface area contributed by atoms with E-state index in [1.165, 1.54) is 0 Å². The molecule has 4 heteroatoms. The smallest absolute Gasteiger partial charge is 0.227 e. The van der Waals surface area contributed by atoms with Crippen LogP contribution >= 0.6 is 0 Å². The molecule has 1 aliphatic rings. The van der Waals surface area contributed by atoms with Crippen molar-refractivity contribution in [2.75, 3.05) is 39.4 Å². The number of benzene rings is 1. The summed E-state index contributed by atoms with van der Waals surface area (Å²) in [6.45, 7) is 7.20. The summed E-state index contributed by atoms with van der Waals surface area (Å²) in [6, 6.07) is 10.00. The van der Waals surface area contributed by atoms with Crippen LogP contribution < -0.4 is 5.32 Å². The monoisotopic (exact) mass is 276 g/mol. The SMILES string of the molecule is CC[C@@H](C(=O)NCCN1CCOCC1)c1ccccc1. The van der Waals surface area contributed by atoms with Crippen LogP contribution in [0.5, 0.6) is 0 Å². The molecule has 1 saturated heterocycles. The summed E-state index contributed by atoms with van der Waals surface area (Å²) in [5.74, 6) is 0.0906. The first-order valence-electron chi connectivity index (χ1n) is 7.44. The number of rotatable bonds is 6. The molecular formula is C16H24N2O2. The van der Waals surface area contributed by atoms with Crippen molar-refractivity contribution < 1.29 is 9.53 Å². The van der Waals surface area contributed by atoms with E-state index < -0.39 is 0 Å². The fraction of sp³-hybridized carbons (Fsp3) is 0.562. The molecule has 0 saturated carbocycles. The maximum atomic E-state index is 12.3. The number of amides is 1. The van der Waals surface area contributed by atoms with E-state index >= 15 is 0 Å². The lowest BCUT2D eigenvalue weighted by Gasteiger charge is -2.26. The molecule has 1 aromatic rings. The normalized spacial score (nSPS) is 17.6. The summed E-state index contributed by atoms with van der Waals surface area (Å²) in [6.07, 6.45) is 0.827. The molecule has 1 atom stereocenters. The number of morpholine rings is 1. The van der Waals surface area contributed by atoms with Gasteiger partial charge in [-0.15, -0.1) is 0 Å². The molecule has 4 nitrogen and oxygen atoms in total. The van der Waals surface area contributed by atoms with E-state index in [0.717, 1.165) is 44.8 Å². The summed E-state index contributed by atoms with van der Waals surface area (Å²) in [4.78, 5) is 14.6. The largest absolute Gasteiger partial charge is 0.379 e. The van der Waals surface area contributed by atoms with Crippen molar-refractivity contribution in [2.45, 2.75) is 19.3 Å². The van der Waals surface area contributed by atoms with Crippen LogP contribution in [0.4, 0.5) is 0 Å². The Morgan fingerprint density at radius 2 is 2.00 bits per heavy atom. The zero-order valence-electron chi connectivity index (χ0n) is 12.2. The highest BCUT2D eigenvalue weighted by Gasteiger charge is 2.18. The molecule has 0 unspecified atom stereocenters. The Morgan fingerprint density at radius 1 is 1.30 bits per heavy atom. The number of carbonyl (C=O) groups is 1. The van der Waals surface area contributed by atoms with Crippen LogP contribution in [0.15, 0.2) is 30.3 Å². The van der Waals surface area contributed by atoms with Gasteiger partial charge in [-0.2, -0.15) is 0 Å². The molecule has 1 aliphatic heterocycles. The van der Waals surface area contributed by atoms with E-state index in [1.54, 1.807) is 0 Å². The van der Waals surface area contributed by atoms with Gasteiger partial charge >= 0.3 is 0 Å². The van der Waals surface area contributed by atoms with Crippen molar-refractivity contribution >= 4 is 5.91 Å². The van der Waals surface area contributed by atoms with E-state index in [4.69, 9.17) is 4.74 Å². The number of ether oxygens (including phenoxy) is 1. The van der Waals surface area contributed by atoms with Crippen molar-refractivity contribution in [2.24, 2.45) is 0 Å². The number of nitrogens with one attached hydrogen (secondary N) is 1. The molecule has 0 spiro atoms. The average molecular weight is 276 g/mol. The molecule has 1 aromatic carbocycles. The summed E-state index contributed by atoms with van der Waals surface area (Å²) in [7, 11) is 0. The van der Waals surface area contributed by atoms with Gasteiger partial charge < -0.3 is 10.1 Å². The molecule has 0 aromatic heterocycles. The van der Waals surface area contributed by atoms with Crippen LogP contribution in [-0.4, -0.2) is 50.2 Å². The molecule has 20 heavy (non-hydrogen) atoms. The van der Waals surface area contributed by atoms with E-state index in [2.05, 4.69) is 17.1 Å². The minimum absolute atomic E-state index is 0.0408. The zero-order chi connectivity index (χ0) is 14.2. The number of hydrogen-bond donors (Lipinski definition) is 1. The summed E-state index contributed by atoms with van der Waals surface area (Å²) < 4.78 is 5.31. The zero-order valence-corrected chi connectivity index (χ0v) is 12.2. The maximum Gasteiger partial charge on any atom is 0.227 e. The van der Waals surface area contributed by atoms with Gasteiger partial charge in [0.25, 0.3) is 0 Å². The van der Waals surface area contributed by atoms with Crippen molar-refractivity contribution in [1.29, 1.82) is 0 Å². The first-order chi connectivity index (χ1) is 9.81. The first-order valence-corrected chi connectivity index (χ1v) is 7.44. The third-order valence-corrected chi connectivity index (χ3v) is 3.76. The molecule has 1 heterocycles. The number of hydrogen-bond acceptors (Lipinski definition) is 3. The second-order valence-corrected chi connectivity index (χ2v) is 5.12. The van der Waals surface area contributed by atoms with Crippen LogP contribution in [-0.2, 0) is 9.53 Å². The second-order valence-electron chi connectivity index (χ2n) is 5.12. The van der Waals surface area contributed by atoms with E-state index in [-0.39, 0.29) is 11.8 Å². The predicted octanol–water partition coefficient (Wildman–Crippen LogP) is 1.63. The van der Waals surface area contributed by atoms with Gasteiger partial charge in [0.05, 0.1) is 19.1 Å². The van der Waals surface area contributed by atoms with Crippen LogP contribution in [0.2, 0.25) is 0 Å². The quantitative estimate of drug-likeness (QED) is 0.858. The standard InChI is InChI=1S/C16H24N2O2/c1-2-15(14-6-4-3-5-7-14)16(19)17-8-9-18-10-12-20-13-11-18/h3-7,15H,2,8-13H2,1H3,(H,17,19)/t15-/m1/s1. The second kappa shape index (κ2) is 8.02. The van der Waals surface area contributed by atoms with E-state index in [0.29, 0.717) is 6.54 Å². The van der Waals surface area contributed by atoms with Gasteiger partial charge in [-0.05, 0) is 12.0 Å². The van der Waals surface area contributed by atoms with Crippen LogP contribution in [0.3, 0.4) is 0 Å². The fourth-order valence-electron chi connectivity index (χ4n) is 2.54. The molecule has 0 radical (unpaired) electrons. The van der Waals surface area contributed by atoms with Gasteiger partial charge in [0, 0.05) is 26.2 Å². The Morgan fingerprint density at radius 3 is 2.65 bits per heavy atom. The average Bonchev–Trinajstić information content (AvgIpc) is 2.50. The Balaban J connectivity index is 1.78. The fourth-order valence-corrected chi connectivity index (χ4v) is 2.54. The highest BCUT2D eigenvalue weighted by Crippen LogP contribution is 2.18. The predicted molar refractivity (Wildman–Crippen MR) is 79.7 cm³/mol. The van der Waals surface area contributed by atoms with Crippen molar-refractivity contribution in [3.63, 3.8) is 0 Å². The van der Waals surface area contributed by atoms with Crippen LogP contribution in [0.1, 0.15) is 24.8 Å². The van der Waals surface area contributed by atoms with Crippen LogP contribution in [0, 0.1) is 0 Å².